The number of rotatable bonds is 4. The van der Waals surface area contributed by atoms with Crippen LogP contribution in [0.25, 0.3) is 10.8 Å². The fraction of sp³-hybridized carbons (Fsp3) is 0.471. The van der Waals surface area contributed by atoms with Gasteiger partial charge in [-0.15, -0.1) is 5.10 Å². The van der Waals surface area contributed by atoms with Crippen LogP contribution in [0, 0.1) is 0 Å². The van der Waals surface area contributed by atoms with Gasteiger partial charge in [0.15, 0.2) is 6.61 Å². The number of benzene rings is 1. The van der Waals surface area contributed by atoms with Gasteiger partial charge in [0.05, 0.1) is 6.20 Å². The third-order valence-corrected chi connectivity index (χ3v) is 4.10. The Bertz CT molecular complexity index is 631. The Hall–Kier alpha value is -2.17. The molecule has 1 aromatic heterocycles. The average molecular weight is 299 g/mol. The quantitative estimate of drug-likeness (QED) is 0.882. The van der Waals surface area contributed by atoms with Crippen LogP contribution in [0.15, 0.2) is 30.5 Å². The Morgan fingerprint density at radius 2 is 1.95 bits per heavy atom. The van der Waals surface area contributed by atoms with Crippen LogP contribution in [-0.2, 0) is 4.79 Å². The van der Waals surface area contributed by atoms with Gasteiger partial charge >= 0.3 is 0 Å². The smallest absolute Gasteiger partial charge is 0.258 e. The highest BCUT2D eigenvalue weighted by atomic mass is 16.5. The molecule has 1 heterocycles. The number of aromatic nitrogens is 2. The van der Waals surface area contributed by atoms with Gasteiger partial charge in [-0.25, -0.2) is 0 Å². The zero-order valence-corrected chi connectivity index (χ0v) is 12.6. The lowest BCUT2D eigenvalue weighted by Gasteiger charge is -2.16. The molecule has 5 heteroatoms. The molecule has 22 heavy (non-hydrogen) atoms. The molecular weight excluding hydrogens is 278 g/mol. The van der Waals surface area contributed by atoms with E-state index < -0.39 is 0 Å². The summed E-state index contributed by atoms with van der Waals surface area (Å²) in [7, 11) is 0. The normalized spacial score (nSPS) is 16.2. The van der Waals surface area contributed by atoms with E-state index in [1.807, 2.05) is 24.3 Å². The number of hydrogen-bond donors (Lipinski definition) is 1. The van der Waals surface area contributed by atoms with E-state index in [2.05, 4.69) is 15.5 Å². The molecule has 1 aromatic carbocycles. The summed E-state index contributed by atoms with van der Waals surface area (Å²) in [6.45, 7) is -0.0147. The molecule has 0 bridgehead atoms. The maximum Gasteiger partial charge on any atom is 0.258 e. The standard InChI is InChI=1S/C17H21N3O2/c21-16(19-14-8-3-1-2-4-9-14)12-22-17-15-10-6-5-7-13(15)11-18-20-17/h5-7,10-11,14H,1-4,8-9,12H2,(H,19,21). The number of carbonyl (C=O) groups excluding carboxylic acids is 1. The first-order valence-electron chi connectivity index (χ1n) is 7.95. The number of carbonyl (C=O) groups is 1. The number of hydrogen-bond acceptors (Lipinski definition) is 4. The molecule has 0 aliphatic heterocycles. The van der Waals surface area contributed by atoms with E-state index in [1.54, 1.807) is 6.20 Å². The van der Waals surface area contributed by atoms with Crippen LogP contribution < -0.4 is 10.1 Å². The summed E-state index contributed by atoms with van der Waals surface area (Å²) in [5.41, 5.74) is 0. The maximum atomic E-state index is 12.0. The van der Waals surface area contributed by atoms with Gasteiger partial charge in [0.25, 0.3) is 5.91 Å². The molecule has 0 radical (unpaired) electrons. The van der Waals surface area contributed by atoms with Crippen molar-refractivity contribution in [2.24, 2.45) is 0 Å². The number of amides is 1. The van der Waals surface area contributed by atoms with Crippen molar-refractivity contribution >= 4 is 16.7 Å². The molecule has 0 spiro atoms. The van der Waals surface area contributed by atoms with Gasteiger partial charge in [0, 0.05) is 16.8 Å². The minimum absolute atomic E-state index is 0.0147. The summed E-state index contributed by atoms with van der Waals surface area (Å²) in [6.07, 6.45) is 8.76. The predicted molar refractivity (Wildman–Crippen MR) is 84.7 cm³/mol. The largest absolute Gasteiger partial charge is 0.466 e. The van der Waals surface area contributed by atoms with Crippen LogP contribution in [0.2, 0.25) is 0 Å². The highest BCUT2D eigenvalue weighted by Gasteiger charge is 2.15. The van der Waals surface area contributed by atoms with Crippen LogP contribution in [-0.4, -0.2) is 28.8 Å². The van der Waals surface area contributed by atoms with Gasteiger partial charge in [-0.1, -0.05) is 43.9 Å². The van der Waals surface area contributed by atoms with Gasteiger partial charge in [-0.2, -0.15) is 5.10 Å². The van der Waals surface area contributed by atoms with Crippen LogP contribution >= 0.6 is 0 Å². The highest BCUT2D eigenvalue weighted by molar-refractivity contribution is 5.86. The second kappa shape index (κ2) is 7.20. The molecule has 116 valence electrons. The molecule has 0 unspecified atom stereocenters. The Kier molecular flexibility index (Phi) is 4.83. The summed E-state index contributed by atoms with van der Waals surface area (Å²) in [4.78, 5) is 12.0. The molecule has 2 aromatic rings. The molecule has 1 aliphatic rings. The zero-order valence-electron chi connectivity index (χ0n) is 12.6. The Morgan fingerprint density at radius 1 is 1.18 bits per heavy atom. The van der Waals surface area contributed by atoms with Crippen molar-refractivity contribution in [2.75, 3.05) is 6.61 Å². The van der Waals surface area contributed by atoms with Crippen molar-refractivity contribution in [1.29, 1.82) is 0 Å². The lowest BCUT2D eigenvalue weighted by Crippen LogP contribution is -2.37. The van der Waals surface area contributed by atoms with Crippen molar-refractivity contribution in [2.45, 2.75) is 44.6 Å². The van der Waals surface area contributed by atoms with E-state index in [0.717, 1.165) is 23.6 Å². The summed E-state index contributed by atoms with van der Waals surface area (Å²) in [5.74, 6) is 0.329. The number of fused-ring (bicyclic) bond motifs is 1. The first kappa shape index (κ1) is 14.8. The molecule has 1 fully saturated rings. The first-order chi connectivity index (χ1) is 10.8. The summed E-state index contributed by atoms with van der Waals surface area (Å²) < 4.78 is 5.57. The van der Waals surface area contributed by atoms with Gasteiger partial charge in [0.1, 0.15) is 0 Å². The van der Waals surface area contributed by atoms with Crippen LogP contribution in [0.1, 0.15) is 38.5 Å². The number of ether oxygens (including phenoxy) is 1. The average Bonchev–Trinajstić information content (AvgIpc) is 2.81. The third-order valence-electron chi connectivity index (χ3n) is 4.10. The first-order valence-corrected chi connectivity index (χ1v) is 7.95. The van der Waals surface area contributed by atoms with Crippen LogP contribution in [0.4, 0.5) is 0 Å². The number of nitrogens with zero attached hydrogens (tertiary/aromatic N) is 2. The van der Waals surface area contributed by atoms with Gasteiger partial charge in [-0.05, 0) is 18.9 Å². The molecule has 1 amide bonds. The maximum absolute atomic E-state index is 12.0. The van der Waals surface area contributed by atoms with Gasteiger partial charge in [-0.3, -0.25) is 4.79 Å². The Balaban J connectivity index is 1.58. The van der Waals surface area contributed by atoms with E-state index >= 15 is 0 Å². The molecule has 1 saturated carbocycles. The zero-order chi connectivity index (χ0) is 15.2. The van der Waals surface area contributed by atoms with Gasteiger partial charge < -0.3 is 10.1 Å². The van der Waals surface area contributed by atoms with Crippen molar-refractivity contribution in [3.8, 4) is 5.88 Å². The van der Waals surface area contributed by atoms with E-state index in [4.69, 9.17) is 4.74 Å². The molecular formula is C17H21N3O2. The lowest BCUT2D eigenvalue weighted by atomic mass is 10.1. The van der Waals surface area contributed by atoms with E-state index in [-0.39, 0.29) is 18.6 Å². The van der Waals surface area contributed by atoms with Crippen LogP contribution in [0.5, 0.6) is 5.88 Å². The topological polar surface area (TPSA) is 64.1 Å². The van der Waals surface area contributed by atoms with Crippen LogP contribution in [0.3, 0.4) is 0 Å². The second-order valence-corrected chi connectivity index (χ2v) is 5.78. The molecule has 3 rings (SSSR count). The fourth-order valence-electron chi connectivity index (χ4n) is 2.94. The summed E-state index contributed by atoms with van der Waals surface area (Å²) in [5, 5.41) is 12.8. The lowest BCUT2D eigenvalue weighted by molar-refractivity contribution is -0.123. The fourth-order valence-corrected chi connectivity index (χ4v) is 2.94. The van der Waals surface area contributed by atoms with Crippen molar-refractivity contribution in [3.05, 3.63) is 30.5 Å². The minimum Gasteiger partial charge on any atom is -0.466 e. The van der Waals surface area contributed by atoms with Gasteiger partial charge in [0.2, 0.25) is 5.88 Å². The Morgan fingerprint density at radius 3 is 2.77 bits per heavy atom. The summed E-state index contributed by atoms with van der Waals surface area (Å²) >= 11 is 0. The molecule has 5 nitrogen and oxygen atoms in total. The van der Waals surface area contributed by atoms with E-state index in [1.165, 1.54) is 25.7 Å². The predicted octanol–water partition coefficient (Wildman–Crippen LogP) is 2.85. The Labute approximate surface area is 130 Å². The minimum atomic E-state index is -0.0818. The highest BCUT2D eigenvalue weighted by Crippen LogP contribution is 2.21. The monoisotopic (exact) mass is 299 g/mol. The molecule has 1 N–H and O–H groups in total. The second-order valence-electron chi connectivity index (χ2n) is 5.78. The number of nitrogens with one attached hydrogen (secondary N) is 1. The van der Waals surface area contributed by atoms with Crippen molar-refractivity contribution in [1.82, 2.24) is 15.5 Å². The summed E-state index contributed by atoms with van der Waals surface area (Å²) in [6, 6.07) is 8.01. The molecule has 0 saturated heterocycles. The van der Waals surface area contributed by atoms with E-state index in [0.29, 0.717) is 5.88 Å². The SMILES string of the molecule is O=C(COc1nncc2ccccc12)NC1CCCCCC1. The molecule has 0 atom stereocenters. The van der Waals surface area contributed by atoms with E-state index in [9.17, 15) is 4.79 Å². The van der Waals surface area contributed by atoms with Crippen molar-refractivity contribution < 1.29 is 9.53 Å². The van der Waals surface area contributed by atoms with Crippen molar-refractivity contribution in [3.63, 3.8) is 0 Å². The third kappa shape index (κ3) is 3.72. The molecule has 1 aliphatic carbocycles.